The van der Waals surface area contributed by atoms with Gasteiger partial charge in [-0.2, -0.15) is 4.31 Å². The molecule has 0 bridgehead atoms. The summed E-state index contributed by atoms with van der Waals surface area (Å²) >= 11 is 0. The summed E-state index contributed by atoms with van der Waals surface area (Å²) in [6.45, 7) is 0.908. The van der Waals surface area contributed by atoms with Crippen LogP contribution in [0.15, 0.2) is 45.9 Å². The van der Waals surface area contributed by atoms with Crippen LogP contribution in [0.4, 0.5) is 0 Å². The summed E-state index contributed by atoms with van der Waals surface area (Å²) in [5.74, 6) is 1.47. The number of furan rings is 1. The molecule has 1 aromatic heterocycles. The highest BCUT2D eigenvalue weighted by molar-refractivity contribution is 7.89. The van der Waals surface area contributed by atoms with Crippen molar-refractivity contribution in [2.24, 2.45) is 0 Å². The van der Waals surface area contributed by atoms with Gasteiger partial charge in [-0.05, 0) is 48.7 Å². The smallest absolute Gasteiger partial charge is 0.243 e. The molecule has 2 aromatic rings. The lowest BCUT2D eigenvalue weighted by Gasteiger charge is -2.27. The Balaban J connectivity index is 1.69. The number of ether oxygens (including phenoxy) is 1. The predicted octanol–water partition coefficient (Wildman–Crippen LogP) is 3.35. The van der Waals surface area contributed by atoms with Crippen molar-refractivity contribution in [2.75, 3.05) is 6.61 Å². The Hall–Kier alpha value is -1.79. The van der Waals surface area contributed by atoms with Crippen LogP contribution in [0.1, 0.15) is 37.0 Å². The first-order chi connectivity index (χ1) is 11.6. The highest BCUT2D eigenvalue weighted by atomic mass is 32.2. The van der Waals surface area contributed by atoms with E-state index >= 15 is 0 Å². The van der Waals surface area contributed by atoms with Crippen molar-refractivity contribution < 1.29 is 17.6 Å². The third-order valence-corrected chi connectivity index (χ3v) is 6.79. The fourth-order valence-corrected chi connectivity index (χ4v) is 5.32. The lowest BCUT2D eigenvalue weighted by Crippen LogP contribution is -2.38. The first-order valence-corrected chi connectivity index (χ1v) is 9.88. The highest BCUT2D eigenvalue weighted by Gasteiger charge is 2.34. The predicted molar refractivity (Wildman–Crippen MR) is 89.3 cm³/mol. The standard InChI is InChI=1S/C18H21NO4S/c20-24(21,17-7-8-18-14(12-17)9-11-23-18)19(15-4-1-2-5-15)13-16-6-3-10-22-16/h3,6-8,10,12,15H,1-2,4-5,9,11,13H2. The van der Waals surface area contributed by atoms with Gasteiger partial charge in [0.15, 0.2) is 0 Å². The van der Waals surface area contributed by atoms with Crippen LogP contribution in [-0.4, -0.2) is 25.4 Å². The van der Waals surface area contributed by atoms with Gasteiger partial charge in [0.25, 0.3) is 0 Å². The summed E-state index contributed by atoms with van der Waals surface area (Å²) in [6.07, 6.45) is 6.32. The zero-order chi connectivity index (χ0) is 16.6. The molecule has 0 atom stereocenters. The van der Waals surface area contributed by atoms with E-state index in [-0.39, 0.29) is 12.6 Å². The summed E-state index contributed by atoms with van der Waals surface area (Å²) in [5.41, 5.74) is 0.973. The molecule has 4 rings (SSSR count). The summed E-state index contributed by atoms with van der Waals surface area (Å²) in [7, 11) is -3.56. The van der Waals surface area contributed by atoms with Gasteiger partial charge in [-0.1, -0.05) is 12.8 Å². The molecule has 5 nitrogen and oxygen atoms in total. The molecule has 128 valence electrons. The molecule has 1 aliphatic carbocycles. The zero-order valence-corrected chi connectivity index (χ0v) is 14.3. The van der Waals surface area contributed by atoms with E-state index in [2.05, 4.69) is 0 Å². The highest BCUT2D eigenvalue weighted by Crippen LogP contribution is 2.33. The maximum Gasteiger partial charge on any atom is 0.243 e. The topological polar surface area (TPSA) is 59.8 Å². The Morgan fingerprint density at radius 3 is 2.75 bits per heavy atom. The monoisotopic (exact) mass is 347 g/mol. The van der Waals surface area contributed by atoms with Gasteiger partial charge in [0.05, 0.1) is 24.3 Å². The lowest BCUT2D eigenvalue weighted by atomic mass is 10.2. The molecular weight excluding hydrogens is 326 g/mol. The molecule has 24 heavy (non-hydrogen) atoms. The number of nitrogens with zero attached hydrogens (tertiary/aromatic N) is 1. The third-order valence-electron chi connectivity index (χ3n) is 4.89. The molecule has 0 radical (unpaired) electrons. The van der Waals surface area contributed by atoms with Crippen molar-refractivity contribution in [3.63, 3.8) is 0 Å². The molecule has 0 unspecified atom stereocenters. The van der Waals surface area contributed by atoms with E-state index in [1.165, 1.54) is 0 Å². The van der Waals surface area contributed by atoms with E-state index in [9.17, 15) is 8.42 Å². The van der Waals surface area contributed by atoms with Crippen molar-refractivity contribution in [2.45, 2.75) is 49.6 Å². The Morgan fingerprint density at radius 2 is 2.00 bits per heavy atom. The minimum atomic E-state index is -3.56. The second-order valence-electron chi connectivity index (χ2n) is 6.44. The first-order valence-electron chi connectivity index (χ1n) is 8.44. The Morgan fingerprint density at radius 1 is 1.17 bits per heavy atom. The van der Waals surface area contributed by atoms with Gasteiger partial charge in [0.1, 0.15) is 11.5 Å². The fraction of sp³-hybridized carbons (Fsp3) is 0.444. The molecule has 1 saturated carbocycles. The van der Waals surface area contributed by atoms with Crippen LogP contribution in [0.5, 0.6) is 5.75 Å². The van der Waals surface area contributed by atoms with E-state index in [1.54, 1.807) is 34.8 Å². The molecule has 0 N–H and O–H groups in total. The SMILES string of the molecule is O=S(=O)(c1ccc2c(c1)CCO2)N(Cc1ccco1)C1CCCC1. The number of hydrogen-bond acceptors (Lipinski definition) is 4. The Kier molecular flexibility index (Phi) is 4.10. The van der Waals surface area contributed by atoms with Crippen LogP contribution < -0.4 is 4.74 Å². The van der Waals surface area contributed by atoms with Gasteiger partial charge in [0.2, 0.25) is 10.0 Å². The van der Waals surface area contributed by atoms with E-state index in [1.807, 2.05) is 6.07 Å². The average Bonchev–Trinajstić information content (AvgIpc) is 3.32. The van der Waals surface area contributed by atoms with E-state index in [0.717, 1.165) is 43.4 Å². The van der Waals surface area contributed by atoms with Gasteiger partial charge in [-0.3, -0.25) is 0 Å². The van der Waals surface area contributed by atoms with Crippen LogP contribution in [-0.2, 0) is 23.0 Å². The molecule has 0 amide bonds. The van der Waals surface area contributed by atoms with Gasteiger partial charge in [0, 0.05) is 12.5 Å². The molecule has 6 heteroatoms. The number of hydrogen-bond donors (Lipinski definition) is 0. The van der Waals surface area contributed by atoms with E-state index in [4.69, 9.17) is 9.15 Å². The third kappa shape index (κ3) is 2.84. The normalized spacial score (nSPS) is 18.0. The van der Waals surface area contributed by atoms with Crippen LogP contribution in [0.2, 0.25) is 0 Å². The minimum absolute atomic E-state index is 0.0459. The van der Waals surface area contributed by atoms with Crippen molar-refractivity contribution in [1.29, 1.82) is 0 Å². The molecule has 0 saturated heterocycles. The Labute approximate surface area is 142 Å². The molecule has 1 fully saturated rings. The zero-order valence-electron chi connectivity index (χ0n) is 13.5. The van der Waals surface area contributed by atoms with Crippen molar-refractivity contribution in [1.82, 2.24) is 4.31 Å². The van der Waals surface area contributed by atoms with Crippen LogP contribution >= 0.6 is 0 Å². The lowest BCUT2D eigenvalue weighted by molar-refractivity contribution is 0.292. The molecular formula is C18H21NO4S. The second-order valence-corrected chi connectivity index (χ2v) is 8.33. The minimum Gasteiger partial charge on any atom is -0.493 e. The molecule has 1 aromatic carbocycles. The number of fused-ring (bicyclic) bond motifs is 1. The van der Waals surface area contributed by atoms with E-state index < -0.39 is 10.0 Å². The first kappa shape index (κ1) is 15.7. The molecule has 2 heterocycles. The van der Waals surface area contributed by atoms with Crippen LogP contribution in [0, 0.1) is 0 Å². The van der Waals surface area contributed by atoms with Gasteiger partial charge < -0.3 is 9.15 Å². The largest absolute Gasteiger partial charge is 0.493 e. The molecule has 0 spiro atoms. The molecule has 2 aliphatic rings. The van der Waals surface area contributed by atoms with Gasteiger partial charge in [-0.15, -0.1) is 0 Å². The summed E-state index contributed by atoms with van der Waals surface area (Å²) in [5, 5.41) is 0. The summed E-state index contributed by atoms with van der Waals surface area (Å²) in [6, 6.07) is 8.86. The second kappa shape index (κ2) is 6.26. The Bertz CT molecular complexity index is 808. The number of sulfonamides is 1. The maximum absolute atomic E-state index is 13.3. The summed E-state index contributed by atoms with van der Waals surface area (Å²) in [4.78, 5) is 0.352. The fourth-order valence-electron chi connectivity index (χ4n) is 3.62. The van der Waals surface area contributed by atoms with Crippen molar-refractivity contribution in [3.8, 4) is 5.75 Å². The van der Waals surface area contributed by atoms with Crippen LogP contribution in [0.25, 0.3) is 0 Å². The maximum atomic E-state index is 13.3. The van der Waals surface area contributed by atoms with Gasteiger partial charge in [-0.25, -0.2) is 8.42 Å². The van der Waals surface area contributed by atoms with E-state index in [0.29, 0.717) is 17.3 Å². The number of benzene rings is 1. The quantitative estimate of drug-likeness (QED) is 0.832. The van der Waals surface area contributed by atoms with Crippen molar-refractivity contribution in [3.05, 3.63) is 47.9 Å². The van der Waals surface area contributed by atoms with Crippen molar-refractivity contribution >= 4 is 10.0 Å². The van der Waals surface area contributed by atoms with Gasteiger partial charge >= 0.3 is 0 Å². The number of rotatable bonds is 5. The summed E-state index contributed by atoms with van der Waals surface area (Å²) < 4.78 is 39.1. The average molecular weight is 347 g/mol. The van der Waals surface area contributed by atoms with Crippen LogP contribution in [0.3, 0.4) is 0 Å². The molecule has 1 aliphatic heterocycles.